The molecule has 0 aliphatic carbocycles. The molecule has 0 saturated carbocycles. The lowest BCUT2D eigenvalue weighted by Gasteiger charge is -1.67. The van der Waals surface area contributed by atoms with Crippen LogP contribution in [0.4, 0.5) is 0 Å². The highest BCUT2D eigenvalue weighted by Crippen LogP contribution is 2.01. The summed E-state index contributed by atoms with van der Waals surface area (Å²) in [6.45, 7) is 0. The Balaban J connectivity index is 2.62. The highest BCUT2D eigenvalue weighted by Gasteiger charge is 1.51. The third-order valence-corrected chi connectivity index (χ3v) is 1.04. The second-order valence-electron chi connectivity index (χ2n) is 0.345. The van der Waals surface area contributed by atoms with Crippen LogP contribution in [0, 0.1) is 0 Å². The predicted molar refractivity (Wildman–Crippen MR) is 26.0 cm³/mol. The van der Waals surface area contributed by atoms with Crippen LogP contribution in [-0.4, -0.2) is 0 Å². The van der Waals surface area contributed by atoms with Crippen molar-refractivity contribution in [1.29, 1.82) is 0 Å². The van der Waals surface area contributed by atoms with Gasteiger partial charge >= 0.3 is 0 Å². The van der Waals surface area contributed by atoms with E-state index in [1.54, 1.807) is 0 Å². The predicted octanol–water partition coefficient (Wildman–Crippen LogP) is 0.457. The van der Waals surface area contributed by atoms with E-state index < -0.39 is 0 Å². The molecule has 1 atom stereocenters. The molecule has 1 unspecified atom stereocenters. The number of rotatable bonds is 1. The maximum absolute atomic E-state index is 4.91. The third kappa shape index (κ3) is 4.45. The van der Waals surface area contributed by atoms with Gasteiger partial charge in [0, 0.05) is 0 Å². The molecule has 3 nitrogen and oxygen atoms in total. The zero-order valence-electron chi connectivity index (χ0n) is 2.55. The molecule has 0 fully saturated rings. The van der Waals surface area contributed by atoms with Crippen LogP contribution >= 0.6 is 17.4 Å². The molecular formula is H5N3P2. The van der Waals surface area contributed by atoms with Crippen molar-refractivity contribution in [3.8, 4) is 0 Å². The van der Waals surface area contributed by atoms with E-state index in [1.165, 1.54) is 0 Å². The van der Waals surface area contributed by atoms with Crippen molar-refractivity contribution in [2.45, 2.75) is 0 Å². The minimum atomic E-state index is 0.145. The van der Waals surface area contributed by atoms with Crippen LogP contribution < -0.4 is 11.0 Å². The fourth-order valence-corrected chi connectivity index (χ4v) is 0.300. The van der Waals surface area contributed by atoms with E-state index in [-0.39, 0.29) is 8.88 Å². The van der Waals surface area contributed by atoms with Gasteiger partial charge < -0.3 is 0 Å². The first-order valence-electron chi connectivity index (χ1n) is 0.970. The maximum atomic E-state index is 4.91. The second kappa shape index (κ2) is 4.45. The lowest BCUT2D eigenvalue weighted by atomic mass is 13.9. The number of nitrogens with two attached hydrogens (primary N) is 2. The molecule has 0 aliphatic heterocycles. The van der Waals surface area contributed by atoms with Crippen LogP contribution in [0.25, 0.3) is 0 Å². The molecule has 0 heterocycles. The topological polar surface area (TPSA) is 64.4 Å². The standard InChI is InChI=1S/H5N3P2/c1-4-3-5-2/h4H,1H2,(H2,2,3). The lowest BCUT2D eigenvalue weighted by Crippen LogP contribution is -1.62. The Labute approximate surface area is 34.0 Å². The number of hydrogen-bond acceptors (Lipinski definition) is 2. The summed E-state index contributed by atoms with van der Waals surface area (Å²) in [5, 5.41) is 0. The van der Waals surface area contributed by atoms with E-state index in [0.29, 0.717) is 8.52 Å². The molecule has 0 aromatic rings. The molecule has 4 N–H and O–H groups in total. The van der Waals surface area contributed by atoms with Crippen molar-refractivity contribution in [3.05, 3.63) is 0 Å². The molecule has 0 aliphatic rings. The lowest BCUT2D eigenvalue weighted by molar-refractivity contribution is 1.86. The summed E-state index contributed by atoms with van der Waals surface area (Å²) in [5.41, 5.74) is 9.78. The van der Waals surface area contributed by atoms with Crippen LogP contribution in [0.3, 0.4) is 0 Å². The van der Waals surface area contributed by atoms with Gasteiger partial charge in [-0.3, -0.25) is 11.0 Å². The SMILES string of the molecule is NP=NPN. The summed E-state index contributed by atoms with van der Waals surface area (Å²) in [6.07, 6.45) is 0. The Kier molecular flexibility index (Phi) is 4.85. The molecule has 0 aromatic carbocycles. The Bertz CT molecular complexity index is 31.9. The van der Waals surface area contributed by atoms with Gasteiger partial charge in [-0.1, -0.05) is 0 Å². The smallest absolute Gasteiger partial charge is 0.0924 e. The van der Waals surface area contributed by atoms with Crippen molar-refractivity contribution in [1.82, 2.24) is 0 Å². The normalized spacial score (nSPS) is 12.4. The maximum Gasteiger partial charge on any atom is 0.0924 e. The molecule has 0 saturated heterocycles. The summed E-state index contributed by atoms with van der Waals surface area (Å²) >= 11 is 0. The van der Waals surface area contributed by atoms with Gasteiger partial charge in [0.25, 0.3) is 0 Å². The van der Waals surface area contributed by atoms with Crippen molar-refractivity contribution < 1.29 is 0 Å². The second-order valence-corrected chi connectivity index (χ2v) is 1.63. The highest BCUT2D eigenvalue weighted by molar-refractivity contribution is 7.42. The van der Waals surface area contributed by atoms with Gasteiger partial charge in [-0.2, -0.15) is 0 Å². The quantitative estimate of drug-likeness (QED) is 0.480. The van der Waals surface area contributed by atoms with Crippen LogP contribution in [0.1, 0.15) is 0 Å². The fourth-order valence-electron chi connectivity index (χ4n) is 0.0333. The summed E-state index contributed by atoms with van der Waals surface area (Å²) in [5.74, 6) is 0. The summed E-state index contributed by atoms with van der Waals surface area (Å²) < 4.78 is 3.53. The number of nitrogens with zero attached hydrogens (tertiary/aromatic N) is 1. The van der Waals surface area contributed by atoms with Crippen molar-refractivity contribution in [3.63, 3.8) is 0 Å². The molecule has 5 heavy (non-hydrogen) atoms. The Morgan fingerprint density at radius 1 is 1.80 bits per heavy atom. The molecule has 5 heteroatoms. The minimum Gasteiger partial charge on any atom is -0.294 e. The Morgan fingerprint density at radius 3 is 2.40 bits per heavy atom. The molecule has 0 spiro atoms. The van der Waals surface area contributed by atoms with E-state index in [2.05, 4.69) is 4.52 Å². The van der Waals surface area contributed by atoms with Gasteiger partial charge in [0.15, 0.2) is 0 Å². The zero-order chi connectivity index (χ0) is 4.12. The zero-order valence-corrected chi connectivity index (χ0v) is 4.44. The number of hydrogen-bond donors (Lipinski definition) is 2. The Hall–Kier alpha value is 0.450. The van der Waals surface area contributed by atoms with E-state index >= 15 is 0 Å². The summed E-state index contributed by atoms with van der Waals surface area (Å²) in [7, 11) is 0.688. The van der Waals surface area contributed by atoms with Crippen LogP contribution in [0.5, 0.6) is 0 Å². The average molecular weight is 109 g/mol. The largest absolute Gasteiger partial charge is 0.294 e. The van der Waals surface area contributed by atoms with E-state index in [0.717, 1.165) is 0 Å². The summed E-state index contributed by atoms with van der Waals surface area (Å²) in [6, 6.07) is 0. The van der Waals surface area contributed by atoms with Crippen molar-refractivity contribution >= 4 is 17.4 Å². The Morgan fingerprint density at radius 2 is 2.40 bits per heavy atom. The van der Waals surface area contributed by atoms with Gasteiger partial charge in [-0.15, -0.1) is 0 Å². The van der Waals surface area contributed by atoms with E-state index in [1.807, 2.05) is 0 Å². The first-order valence-corrected chi connectivity index (χ1v) is 2.91. The van der Waals surface area contributed by atoms with Crippen LogP contribution in [-0.2, 0) is 0 Å². The van der Waals surface area contributed by atoms with Crippen molar-refractivity contribution in [2.24, 2.45) is 15.5 Å². The molecule has 30 valence electrons. The van der Waals surface area contributed by atoms with E-state index in [4.69, 9.17) is 11.0 Å². The van der Waals surface area contributed by atoms with Gasteiger partial charge in [0.05, 0.1) is 17.4 Å². The molecule has 0 rings (SSSR count). The minimum absolute atomic E-state index is 0.145. The third-order valence-electron chi connectivity index (χ3n) is 0.115. The molecular weight excluding hydrogens is 104 g/mol. The first kappa shape index (κ1) is 5.45. The van der Waals surface area contributed by atoms with Gasteiger partial charge in [-0.05, 0) is 0 Å². The van der Waals surface area contributed by atoms with Gasteiger partial charge in [0.1, 0.15) is 0 Å². The monoisotopic (exact) mass is 109 g/mol. The fraction of sp³-hybridized carbons (Fsp3) is 0. The van der Waals surface area contributed by atoms with Crippen LogP contribution in [0.2, 0.25) is 0 Å². The van der Waals surface area contributed by atoms with Gasteiger partial charge in [-0.25, -0.2) is 4.52 Å². The van der Waals surface area contributed by atoms with Crippen LogP contribution in [0.15, 0.2) is 4.52 Å². The van der Waals surface area contributed by atoms with Crippen molar-refractivity contribution in [2.75, 3.05) is 0 Å². The average Bonchev–Trinajstić information content (AvgIpc) is 1.41. The molecule has 0 aromatic heterocycles. The molecule has 0 radical (unpaired) electrons. The summed E-state index contributed by atoms with van der Waals surface area (Å²) in [4.78, 5) is 0. The highest BCUT2D eigenvalue weighted by atomic mass is 31.1. The molecule has 0 bridgehead atoms. The van der Waals surface area contributed by atoms with Gasteiger partial charge in [0.2, 0.25) is 0 Å². The molecule has 0 amide bonds. The van der Waals surface area contributed by atoms with E-state index in [9.17, 15) is 0 Å². The first-order chi connectivity index (χ1) is 2.41.